The zero-order chi connectivity index (χ0) is 10.4. The van der Waals surface area contributed by atoms with E-state index in [1.54, 1.807) is 7.11 Å². The maximum absolute atomic E-state index is 11.5. The van der Waals surface area contributed by atoms with Crippen LogP contribution in [0.2, 0.25) is 0 Å². The van der Waals surface area contributed by atoms with Gasteiger partial charge in [0.1, 0.15) is 0 Å². The van der Waals surface area contributed by atoms with Crippen molar-refractivity contribution in [1.29, 1.82) is 0 Å². The molecule has 1 aliphatic carbocycles. The molecule has 0 atom stereocenters. The number of hydroxylamine groups is 1. The number of hydrogen-bond acceptors (Lipinski definition) is 4. The Morgan fingerprint density at radius 3 is 2.64 bits per heavy atom. The van der Waals surface area contributed by atoms with E-state index < -0.39 is 5.54 Å². The molecule has 0 aromatic heterocycles. The number of nitrogens with two attached hydrogens (primary N) is 1. The Bertz CT molecular complexity index is 190. The summed E-state index contributed by atoms with van der Waals surface area (Å²) in [6, 6.07) is 0. The van der Waals surface area contributed by atoms with Gasteiger partial charge in [-0.1, -0.05) is 12.8 Å². The highest BCUT2D eigenvalue weighted by molar-refractivity contribution is 5.85. The molecule has 0 aromatic carbocycles. The van der Waals surface area contributed by atoms with Gasteiger partial charge in [-0.3, -0.25) is 9.63 Å². The summed E-state index contributed by atoms with van der Waals surface area (Å²) in [5.41, 5.74) is 7.53. The first kappa shape index (κ1) is 11.4. The average Bonchev–Trinajstić information content (AvgIpc) is 2.61. The van der Waals surface area contributed by atoms with Crippen molar-refractivity contribution in [3.05, 3.63) is 0 Å². The van der Waals surface area contributed by atoms with Gasteiger partial charge in [0, 0.05) is 7.11 Å². The van der Waals surface area contributed by atoms with Gasteiger partial charge in [0.2, 0.25) is 0 Å². The van der Waals surface area contributed by atoms with Gasteiger partial charge in [-0.25, -0.2) is 5.48 Å². The Morgan fingerprint density at radius 2 is 2.07 bits per heavy atom. The molecule has 0 saturated heterocycles. The highest BCUT2D eigenvalue weighted by atomic mass is 16.7. The van der Waals surface area contributed by atoms with Crippen LogP contribution in [0.3, 0.4) is 0 Å². The smallest absolute Gasteiger partial charge is 0.263 e. The summed E-state index contributed by atoms with van der Waals surface area (Å²) < 4.78 is 4.77. The monoisotopic (exact) mass is 202 g/mol. The molecule has 0 bridgehead atoms. The fourth-order valence-electron chi connectivity index (χ4n) is 1.58. The number of rotatable bonds is 5. The van der Waals surface area contributed by atoms with E-state index in [9.17, 15) is 4.79 Å². The summed E-state index contributed by atoms with van der Waals surface area (Å²) in [5.74, 6) is -0.217. The van der Waals surface area contributed by atoms with Crippen molar-refractivity contribution in [2.24, 2.45) is 5.73 Å². The quantitative estimate of drug-likeness (QED) is 0.484. The number of methoxy groups -OCH3 is 1. The minimum Gasteiger partial charge on any atom is -0.382 e. The van der Waals surface area contributed by atoms with E-state index in [1.165, 1.54) is 0 Å². The van der Waals surface area contributed by atoms with Crippen LogP contribution in [-0.4, -0.2) is 31.8 Å². The van der Waals surface area contributed by atoms with Crippen LogP contribution in [0.4, 0.5) is 0 Å². The van der Waals surface area contributed by atoms with Crippen molar-refractivity contribution < 1.29 is 14.4 Å². The number of carbonyl (C=O) groups is 1. The van der Waals surface area contributed by atoms with E-state index in [0.717, 1.165) is 25.7 Å². The molecule has 3 N–H and O–H groups in total. The lowest BCUT2D eigenvalue weighted by Gasteiger charge is -2.21. The summed E-state index contributed by atoms with van der Waals surface area (Å²) >= 11 is 0. The Morgan fingerprint density at radius 1 is 1.43 bits per heavy atom. The fourth-order valence-corrected chi connectivity index (χ4v) is 1.58. The van der Waals surface area contributed by atoms with E-state index in [0.29, 0.717) is 13.2 Å². The van der Waals surface area contributed by atoms with Gasteiger partial charge in [-0.05, 0) is 12.8 Å². The minimum absolute atomic E-state index is 0.217. The van der Waals surface area contributed by atoms with E-state index in [2.05, 4.69) is 5.48 Å². The molecule has 1 amide bonds. The normalized spacial score (nSPS) is 19.6. The molecule has 1 aliphatic rings. The van der Waals surface area contributed by atoms with Crippen LogP contribution in [0.1, 0.15) is 25.7 Å². The lowest BCUT2D eigenvalue weighted by molar-refractivity contribution is -0.140. The second-order valence-corrected chi connectivity index (χ2v) is 3.64. The molecule has 1 fully saturated rings. The highest BCUT2D eigenvalue weighted by Gasteiger charge is 2.37. The van der Waals surface area contributed by atoms with Crippen molar-refractivity contribution in [3.63, 3.8) is 0 Å². The number of nitrogens with one attached hydrogen (secondary N) is 1. The fraction of sp³-hybridized carbons (Fsp3) is 0.889. The van der Waals surface area contributed by atoms with Crippen LogP contribution in [0.5, 0.6) is 0 Å². The van der Waals surface area contributed by atoms with Crippen molar-refractivity contribution in [2.45, 2.75) is 31.2 Å². The SMILES string of the molecule is COCCONC(=O)C1(N)CCCC1. The molecule has 0 radical (unpaired) electrons. The van der Waals surface area contributed by atoms with E-state index in [-0.39, 0.29) is 5.91 Å². The topological polar surface area (TPSA) is 73.6 Å². The van der Waals surface area contributed by atoms with E-state index in [1.807, 2.05) is 0 Å². The molecule has 82 valence electrons. The Labute approximate surface area is 83.9 Å². The second kappa shape index (κ2) is 5.29. The van der Waals surface area contributed by atoms with Crippen molar-refractivity contribution in [3.8, 4) is 0 Å². The van der Waals surface area contributed by atoms with Crippen molar-refractivity contribution in [1.82, 2.24) is 5.48 Å². The van der Waals surface area contributed by atoms with Gasteiger partial charge in [-0.2, -0.15) is 0 Å². The summed E-state index contributed by atoms with van der Waals surface area (Å²) in [6.45, 7) is 0.802. The largest absolute Gasteiger partial charge is 0.382 e. The molecule has 5 heteroatoms. The maximum Gasteiger partial charge on any atom is 0.263 e. The van der Waals surface area contributed by atoms with Crippen LogP contribution in [0.25, 0.3) is 0 Å². The third kappa shape index (κ3) is 2.94. The number of carbonyl (C=O) groups excluding carboxylic acids is 1. The van der Waals surface area contributed by atoms with E-state index >= 15 is 0 Å². The van der Waals surface area contributed by atoms with E-state index in [4.69, 9.17) is 15.3 Å². The lowest BCUT2D eigenvalue weighted by atomic mass is 9.99. The standard InChI is InChI=1S/C9H18N2O3/c1-13-6-7-14-11-8(12)9(10)4-2-3-5-9/h2-7,10H2,1H3,(H,11,12). The third-order valence-corrected chi connectivity index (χ3v) is 2.50. The molecule has 0 aliphatic heterocycles. The molecule has 0 aromatic rings. The Hall–Kier alpha value is -0.650. The average molecular weight is 202 g/mol. The molecule has 0 heterocycles. The molecule has 0 unspecified atom stereocenters. The van der Waals surface area contributed by atoms with Gasteiger partial charge in [0.25, 0.3) is 5.91 Å². The van der Waals surface area contributed by atoms with Crippen LogP contribution in [0, 0.1) is 0 Å². The minimum atomic E-state index is -0.715. The predicted molar refractivity (Wildman–Crippen MR) is 51.4 cm³/mol. The molecular formula is C9H18N2O3. The predicted octanol–water partition coefficient (Wildman–Crippen LogP) is -0.0479. The highest BCUT2D eigenvalue weighted by Crippen LogP contribution is 2.26. The third-order valence-electron chi connectivity index (χ3n) is 2.50. The zero-order valence-electron chi connectivity index (χ0n) is 8.54. The molecule has 1 rings (SSSR count). The van der Waals surface area contributed by atoms with Crippen LogP contribution in [-0.2, 0) is 14.4 Å². The van der Waals surface area contributed by atoms with Crippen LogP contribution < -0.4 is 11.2 Å². The summed E-state index contributed by atoms with van der Waals surface area (Å²) in [5, 5.41) is 0. The van der Waals surface area contributed by atoms with Crippen LogP contribution >= 0.6 is 0 Å². The van der Waals surface area contributed by atoms with Gasteiger partial charge in [-0.15, -0.1) is 0 Å². The first-order chi connectivity index (χ1) is 6.69. The first-order valence-corrected chi connectivity index (χ1v) is 4.89. The van der Waals surface area contributed by atoms with Gasteiger partial charge >= 0.3 is 0 Å². The van der Waals surface area contributed by atoms with Gasteiger partial charge in [0.05, 0.1) is 18.8 Å². The number of hydrogen-bond donors (Lipinski definition) is 2. The van der Waals surface area contributed by atoms with Crippen molar-refractivity contribution >= 4 is 5.91 Å². The molecule has 5 nitrogen and oxygen atoms in total. The Balaban J connectivity index is 2.20. The lowest BCUT2D eigenvalue weighted by Crippen LogP contribution is -2.51. The summed E-state index contributed by atoms with van der Waals surface area (Å²) in [7, 11) is 1.58. The molecule has 14 heavy (non-hydrogen) atoms. The summed E-state index contributed by atoms with van der Waals surface area (Å²) in [6.07, 6.45) is 3.52. The molecule has 1 saturated carbocycles. The molecule has 0 spiro atoms. The van der Waals surface area contributed by atoms with Gasteiger partial charge in [0.15, 0.2) is 0 Å². The summed E-state index contributed by atoms with van der Waals surface area (Å²) in [4.78, 5) is 16.4. The first-order valence-electron chi connectivity index (χ1n) is 4.89. The van der Waals surface area contributed by atoms with Crippen LogP contribution in [0.15, 0.2) is 0 Å². The van der Waals surface area contributed by atoms with Crippen molar-refractivity contribution in [2.75, 3.05) is 20.3 Å². The zero-order valence-corrected chi connectivity index (χ0v) is 8.54. The van der Waals surface area contributed by atoms with Gasteiger partial charge < -0.3 is 10.5 Å². The Kier molecular flexibility index (Phi) is 4.31. The maximum atomic E-state index is 11.5. The molecular weight excluding hydrogens is 184 g/mol. The second-order valence-electron chi connectivity index (χ2n) is 3.64. The number of amides is 1. The number of ether oxygens (including phenoxy) is 1.